The van der Waals surface area contributed by atoms with Gasteiger partial charge < -0.3 is 15.8 Å². The second-order valence-corrected chi connectivity index (χ2v) is 5.95. The second-order valence-electron chi connectivity index (χ2n) is 5.95. The fraction of sp³-hybridized carbons (Fsp3) is 0.625. The van der Waals surface area contributed by atoms with Gasteiger partial charge in [-0.3, -0.25) is 0 Å². The Morgan fingerprint density at radius 3 is 2.53 bits per heavy atom. The predicted molar refractivity (Wildman–Crippen MR) is 81.7 cm³/mol. The molecule has 1 rings (SSSR count). The summed E-state index contributed by atoms with van der Waals surface area (Å²) in [6.07, 6.45) is 2.20. The highest BCUT2D eigenvalue weighted by molar-refractivity contribution is 5.39. The average molecular weight is 264 g/mol. The molecule has 0 saturated heterocycles. The highest BCUT2D eigenvalue weighted by atomic mass is 16.5. The number of hydrogen-bond donors (Lipinski definition) is 2. The quantitative estimate of drug-likeness (QED) is 0.744. The molecular formula is C16H28N2O. The first-order valence-electron chi connectivity index (χ1n) is 7.07. The van der Waals surface area contributed by atoms with Crippen molar-refractivity contribution in [1.29, 1.82) is 0 Å². The molecule has 3 nitrogen and oxygen atoms in total. The minimum Gasteiger partial charge on any atom is -0.496 e. The van der Waals surface area contributed by atoms with E-state index in [0.717, 1.165) is 38.2 Å². The van der Waals surface area contributed by atoms with Gasteiger partial charge >= 0.3 is 0 Å². The Balaban J connectivity index is 2.68. The lowest BCUT2D eigenvalue weighted by atomic mass is 9.86. The number of nitrogens with two attached hydrogens (primary N) is 1. The molecule has 0 atom stereocenters. The zero-order chi connectivity index (χ0) is 14.3. The molecule has 0 spiro atoms. The van der Waals surface area contributed by atoms with Crippen LogP contribution in [0.4, 0.5) is 0 Å². The third-order valence-electron chi connectivity index (χ3n) is 3.27. The van der Waals surface area contributed by atoms with Gasteiger partial charge in [-0.25, -0.2) is 0 Å². The van der Waals surface area contributed by atoms with Gasteiger partial charge in [-0.2, -0.15) is 0 Å². The molecule has 0 heterocycles. The van der Waals surface area contributed by atoms with E-state index in [1.54, 1.807) is 7.11 Å². The van der Waals surface area contributed by atoms with Crippen LogP contribution in [0.2, 0.25) is 0 Å². The summed E-state index contributed by atoms with van der Waals surface area (Å²) in [6.45, 7) is 9.30. The first kappa shape index (κ1) is 16.0. The predicted octanol–water partition coefficient (Wildman–Crippen LogP) is 2.82. The zero-order valence-corrected chi connectivity index (χ0v) is 12.8. The molecule has 0 radical (unpaired) electrons. The molecule has 0 saturated carbocycles. The number of benzene rings is 1. The van der Waals surface area contributed by atoms with Crippen LogP contribution in [0, 0.1) is 0 Å². The van der Waals surface area contributed by atoms with Gasteiger partial charge in [0, 0.05) is 12.1 Å². The maximum absolute atomic E-state index is 5.49. The first-order chi connectivity index (χ1) is 8.99. The molecule has 0 aliphatic rings. The molecular weight excluding hydrogens is 236 g/mol. The molecule has 0 aliphatic heterocycles. The molecule has 108 valence electrons. The lowest BCUT2D eigenvalue weighted by molar-refractivity contribution is 0.406. The van der Waals surface area contributed by atoms with Crippen molar-refractivity contribution < 1.29 is 4.74 Å². The minimum atomic E-state index is 0.167. The van der Waals surface area contributed by atoms with Crippen molar-refractivity contribution in [3.63, 3.8) is 0 Å². The maximum Gasteiger partial charge on any atom is 0.123 e. The number of rotatable bonds is 7. The third-order valence-corrected chi connectivity index (χ3v) is 3.27. The van der Waals surface area contributed by atoms with Crippen LogP contribution in [-0.4, -0.2) is 20.2 Å². The Kier molecular flexibility index (Phi) is 6.32. The maximum atomic E-state index is 5.49. The Labute approximate surface area is 117 Å². The lowest BCUT2D eigenvalue weighted by Gasteiger charge is -2.21. The van der Waals surface area contributed by atoms with E-state index in [2.05, 4.69) is 44.3 Å². The highest BCUT2D eigenvalue weighted by Gasteiger charge is 2.15. The van der Waals surface area contributed by atoms with Crippen molar-refractivity contribution >= 4 is 0 Å². The SMILES string of the molecule is COc1ccc(C(C)(C)C)cc1CNCCCCN. The van der Waals surface area contributed by atoms with Gasteiger partial charge in [0.2, 0.25) is 0 Å². The van der Waals surface area contributed by atoms with Crippen molar-refractivity contribution in [2.75, 3.05) is 20.2 Å². The molecule has 0 fully saturated rings. The largest absolute Gasteiger partial charge is 0.496 e. The molecule has 1 aromatic rings. The van der Waals surface area contributed by atoms with E-state index in [0.29, 0.717) is 0 Å². The summed E-state index contributed by atoms with van der Waals surface area (Å²) in [4.78, 5) is 0. The Morgan fingerprint density at radius 1 is 1.21 bits per heavy atom. The zero-order valence-electron chi connectivity index (χ0n) is 12.8. The molecule has 0 unspecified atom stereocenters. The van der Waals surface area contributed by atoms with Gasteiger partial charge in [-0.05, 0) is 43.0 Å². The average Bonchev–Trinajstić information content (AvgIpc) is 2.37. The number of unbranched alkanes of at least 4 members (excludes halogenated alkanes) is 1. The van der Waals surface area contributed by atoms with Crippen LogP contribution < -0.4 is 15.8 Å². The van der Waals surface area contributed by atoms with Crippen molar-refractivity contribution in [3.05, 3.63) is 29.3 Å². The van der Waals surface area contributed by atoms with E-state index in [1.165, 1.54) is 11.1 Å². The number of nitrogens with one attached hydrogen (secondary N) is 1. The van der Waals surface area contributed by atoms with E-state index < -0.39 is 0 Å². The molecule has 3 N–H and O–H groups in total. The monoisotopic (exact) mass is 264 g/mol. The minimum absolute atomic E-state index is 0.167. The Hall–Kier alpha value is -1.06. The van der Waals surface area contributed by atoms with Gasteiger partial charge in [0.25, 0.3) is 0 Å². The first-order valence-corrected chi connectivity index (χ1v) is 7.07. The summed E-state index contributed by atoms with van der Waals surface area (Å²) in [6, 6.07) is 6.46. The fourth-order valence-corrected chi connectivity index (χ4v) is 2.00. The van der Waals surface area contributed by atoms with E-state index in [1.807, 2.05) is 0 Å². The van der Waals surface area contributed by atoms with Gasteiger partial charge in [0.05, 0.1) is 7.11 Å². The van der Waals surface area contributed by atoms with Crippen LogP contribution in [0.5, 0.6) is 5.75 Å². The summed E-state index contributed by atoms with van der Waals surface area (Å²) >= 11 is 0. The van der Waals surface area contributed by atoms with Crippen molar-refractivity contribution in [1.82, 2.24) is 5.32 Å². The normalized spacial score (nSPS) is 11.6. The number of methoxy groups -OCH3 is 1. The van der Waals surface area contributed by atoms with Gasteiger partial charge in [-0.15, -0.1) is 0 Å². The van der Waals surface area contributed by atoms with E-state index >= 15 is 0 Å². The molecule has 0 aromatic heterocycles. The lowest BCUT2D eigenvalue weighted by Crippen LogP contribution is -2.18. The third kappa shape index (κ3) is 5.21. The molecule has 1 aromatic carbocycles. The Morgan fingerprint density at radius 2 is 1.95 bits per heavy atom. The molecule has 19 heavy (non-hydrogen) atoms. The van der Waals surface area contributed by atoms with Gasteiger partial charge in [0.15, 0.2) is 0 Å². The van der Waals surface area contributed by atoms with Crippen LogP contribution in [0.25, 0.3) is 0 Å². The van der Waals surface area contributed by atoms with Crippen molar-refractivity contribution in [2.24, 2.45) is 5.73 Å². The van der Waals surface area contributed by atoms with Crippen LogP contribution >= 0.6 is 0 Å². The Bertz CT molecular complexity index is 383. The fourth-order valence-electron chi connectivity index (χ4n) is 2.00. The molecule has 0 bridgehead atoms. The molecule has 0 aliphatic carbocycles. The summed E-state index contributed by atoms with van der Waals surface area (Å²) < 4.78 is 5.43. The number of hydrogen-bond acceptors (Lipinski definition) is 3. The smallest absolute Gasteiger partial charge is 0.123 e. The summed E-state index contributed by atoms with van der Waals surface area (Å²) in [5.41, 5.74) is 8.22. The van der Waals surface area contributed by atoms with Crippen LogP contribution in [-0.2, 0) is 12.0 Å². The van der Waals surface area contributed by atoms with Crippen molar-refractivity contribution in [2.45, 2.75) is 45.6 Å². The van der Waals surface area contributed by atoms with Crippen LogP contribution in [0.15, 0.2) is 18.2 Å². The van der Waals surface area contributed by atoms with E-state index in [9.17, 15) is 0 Å². The highest BCUT2D eigenvalue weighted by Crippen LogP contribution is 2.27. The van der Waals surface area contributed by atoms with Crippen LogP contribution in [0.3, 0.4) is 0 Å². The molecule has 0 amide bonds. The molecule has 3 heteroatoms. The summed E-state index contributed by atoms with van der Waals surface area (Å²) in [5, 5.41) is 3.45. The standard InChI is InChI=1S/C16H28N2O/c1-16(2,3)14-7-8-15(19-4)13(11-14)12-18-10-6-5-9-17/h7-8,11,18H,5-6,9-10,12,17H2,1-4H3. The van der Waals surface area contributed by atoms with Crippen molar-refractivity contribution in [3.8, 4) is 5.75 Å². The van der Waals surface area contributed by atoms with Gasteiger partial charge in [-0.1, -0.05) is 32.9 Å². The summed E-state index contributed by atoms with van der Waals surface area (Å²) in [7, 11) is 1.73. The number of ether oxygens (including phenoxy) is 1. The summed E-state index contributed by atoms with van der Waals surface area (Å²) in [5.74, 6) is 0.958. The van der Waals surface area contributed by atoms with E-state index in [4.69, 9.17) is 10.5 Å². The van der Waals surface area contributed by atoms with Gasteiger partial charge in [0.1, 0.15) is 5.75 Å². The van der Waals surface area contributed by atoms with E-state index in [-0.39, 0.29) is 5.41 Å². The van der Waals surface area contributed by atoms with Crippen LogP contribution in [0.1, 0.15) is 44.7 Å². The topological polar surface area (TPSA) is 47.3 Å². The second kappa shape index (κ2) is 7.51.